The average molecular weight is 395 g/mol. The fourth-order valence-electron chi connectivity index (χ4n) is 2.95. The van der Waals surface area contributed by atoms with Gasteiger partial charge in [0.15, 0.2) is 0 Å². The Morgan fingerprint density at radius 1 is 0.897 bits per heavy atom. The minimum Gasteiger partial charge on any atom is -0.360 e. The van der Waals surface area contributed by atoms with Gasteiger partial charge in [-0.3, -0.25) is 9.59 Å². The molecule has 0 aromatic heterocycles. The first-order valence-corrected chi connectivity index (χ1v) is 9.53. The third kappa shape index (κ3) is 6.53. The first kappa shape index (κ1) is 20.2. The van der Waals surface area contributed by atoms with E-state index >= 15 is 0 Å². The molecule has 29 heavy (non-hydrogen) atoms. The molecule has 1 saturated heterocycles. The molecule has 1 fully saturated rings. The Bertz CT molecular complexity index is 839. The second kappa shape index (κ2) is 10.1. The molecule has 0 radical (unpaired) electrons. The number of piperazine rings is 1. The van der Waals surface area contributed by atoms with Gasteiger partial charge in [-0.15, -0.1) is 0 Å². The zero-order chi connectivity index (χ0) is 20.5. The molecule has 0 spiro atoms. The summed E-state index contributed by atoms with van der Waals surface area (Å²) in [4.78, 5) is 37.2. The number of nitrogens with one attached hydrogen (secondary N) is 4. The van der Waals surface area contributed by atoms with Crippen molar-refractivity contribution in [2.75, 3.05) is 31.1 Å². The van der Waals surface area contributed by atoms with Gasteiger partial charge >= 0.3 is 6.03 Å². The number of hydrogen-bond donors (Lipinski definition) is 4. The molecule has 1 aliphatic heterocycles. The van der Waals surface area contributed by atoms with E-state index in [0.717, 1.165) is 23.4 Å². The molecule has 152 valence electrons. The monoisotopic (exact) mass is 395 g/mol. The van der Waals surface area contributed by atoms with Gasteiger partial charge in [-0.1, -0.05) is 42.5 Å². The number of benzene rings is 2. The summed E-state index contributed by atoms with van der Waals surface area (Å²) < 4.78 is 0. The van der Waals surface area contributed by atoms with Crippen molar-refractivity contribution in [2.45, 2.75) is 13.1 Å². The summed E-state index contributed by atoms with van der Waals surface area (Å²) >= 11 is 0. The topological polar surface area (TPSA) is 103 Å². The van der Waals surface area contributed by atoms with Crippen LogP contribution in [-0.4, -0.2) is 44.0 Å². The van der Waals surface area contributed by atoms with Gasteiger partial charge in [-0.25, -0.2) is 4.79 Å². The lowest BCUT2D eigenvalue weighted by molar-refractivity contribution is -0.121. The van der Waals surface area contributed by atoms with Gasteiger partial charge in [0.1, 0.15) is 0 Å². The van der Waals surface area contributed by atoms with E-state index in [2.05, 4.69) is 21.3 Å². The Hall–Kier alpha value is -3.55. The summed E-state index contributed by atoms with van der Waals surface area (Å²) in [6.07, 6.45) is 0. The van der Waals surface area contributed by atoms with Crippen molar-refractivity contribution in [1.29, 1.82) is 0 Å². The number of carbonyl (C=O) groups is 3. The van der Waals surface area contributed by atoms with Gasteiger partial charge in [0.05, 0.1) is 13.1 Å². The first-order valence-electron chi connectivity index (χ1n) is 9.53. The number of rotatable bonds is 7. The average Bonchev–Trinajstić information content (AvgIpc) is 2.76. The van der Waals surface area contributed by atoms with Crippen molar-refractivity contribution in [3.63, 3.8) is 0 Å². The predicted molar refractivity (Wildman–Crippen MR) is 110 cm³/mol. The van der Waals surface area contributed by atoms with E-state index in [1.165, 1.54) is 0 Å². The molecule has 2 aromatic rings. The quantitative estimate of drug-likeness (QED) is 0.555. The lowest BCUT2D eigenvalue weighted by Crippen LogP contribution is -2.47. The second-order valence-corrected chi connectivity index (χ2v) is 6.74. The second-order valence-electron chi connectivity index (χ2n) is 6.74. The van der Waals surface area contributed by atoms with E-state index in [0.29, 0.717) is 26.2 Å². The zero-order valence-electron chi connectivity index (χ0n) is 16.1. The SMILES string of the molecule is O=C(CNC(=O)NCc1ccccc1)NCc1ccc(N2CCNC(=O)C2)cc1. The van der Waals surface area contributed by atoms with Crippen LogP contribution in [0.3, 0.4) is 0 Å². The van der Waals surface area contributed by atoms with Crippen molar-refractivity contribution >= 4 is 23.5 Å². The lowest BCUT2D eigenvalue weighted by atomic mass is 10.2. The maximum Gasteiger partial charge on any atom is 0.315 e. The van der Waals surface area contributed by atoms with Gasteiger partial charge in [-0.05, 0) is 23.3 Å². The van der Waals surface area contributed by atoms with Crippen LogP contribution in [0.5, 0.6) is 0 Å². The third-order valence-electron chi connectivity index (χ3n) is 4.53. The number of amides is 4. The largest absolute Gasteiger partial charge is 0.360 e. The van der Waals surface area contributed by atoms with E-state index in [9.17, 15) is 14.4 Å². The highest BCUT2D eigenvalue weighted by atomic mass is 16.2. The molecule has 0 aliphatic carbocycles. The zero-order valence-corrected chi connectivity index (χ0v) is 16.1. The molecule has 0 bridgehead atoms. The molecule has 2 aromatic carbocycles. The fraction of sp³-hybridized carbons (Fsp3) is 0.286. The van der Waals surface area contributed by atoms with Gasteiger partial charge in [0.25, 0.3) is 0 Å². The molecular weight excluding hydrogens is 370 g/mol. The molecule has 4 N–H and O–H groups in total. The Balaban J connectivity index is 1.35. The fourth-order valence-corrected chi connectivity index (χ4v) is 2.95. The molecular formula is C21H25N5O3. The van der Waals surface area contributed by atoms with E-state index < -0.39 is 0 Å². The Morgan fingerprint density at radius 3 is 2.31 bits per heavy atom. The molecule has 0 atom stereocenters. The van der Waals surface area contributed by atoms with Crippen molar-refractivity contribution in [3.8, 4) is 0 Å². The van der Waals surface area contributed by atoms with Crippen LogP contribution < -0.4 is 26.2 Å². The maximum atomic E-state index is 11.9. The molecule has 8 heteroatoms. The Kier molecular flexibility index (Phi) is 7.05. The molecule has 0 unspecified atom stereocenters. The van der Waals surface area contributed by atoms with Gasteiger partial charge in [0.2, 0.25) is 11.8 Å². The maximum absolute atomic E-state index is 11.9. The van der Waals surface area contributed by atoms with Crippen molar-refractivity contribution in [2.24, 2.45) is 0 Å². The Labute approximate surface area is 169 Å². The van der Waals surface area contributed by atoms with Crippen LogP contribution in [0.25, 0.3) is 0 Å². The normalized spacial score (nSPS) is 13.4. The summed E-state index contributed by atoms with van der Waals surface area (Å²) in [5.74, 6) is -0.246. The summed E-state index contributed by atoms with van der Waals surface area (Å²) in [5.41, 5.74) is 2.91. The third-order valence-corrected chi connectivity index (χ3v) is 4.53. The van der Waals surface area contributed by atoms with E-state index in [4.69, 9.17) is 0 Å². The first-order chi connectivity index (χ1) is 14.1. The molecule has 0 saturated carbocycles. The van der Waals surface area contributed by atoms with E-state index in [1.807, 2.05) is 59.5 Å². The number of hydrogen-bond acceptors (Lipinski definition) is 4. The summed E-state index contributed by atoms with van der Waals surface area (Å²) in [5, 5.41) is 10.8. The van der Waals surface area contributed by atoms with E-state index in [-0.39, 0.29) is 24.4 Å². The van der Waals surface area contributed by atoms with Gasteiger partial charge in [0, 0.05) is 31.9 Å². The van der Waals surface area contributed by atoms with Crippen LogP contribution in [0, 0.1) is 0 Å². The van der Waals surface area contributed by atoms with Crippen LogP contribution in [0.4, 0.5) is 10.5 Å². The van der Waals surface area contributed by atoms with Crippen LogP contribution in [0.2, 0.25) is 0 Å². The predicted octanol–water partition coefficient (Wildman–Crippen LogP) is 0.738. The minimum absolute atomic E-state index is 0.0212. The van der Waals surface area contributed by atoms with Crippen molar-refractivity contribution < 1.29 is 14.4 Å². The van der Waals surface area contributed by atoms with Crippen molar-refractivity contribution in [3.05, 3.63) is 65.7 Å². The number of carbonyl (C=O) groups excluding carboxylic acids is 3. The lowest BCUT2D eigenvalue weighted by Gasteiger charge is -2.28. The number of urea groups is 1. The molecule has 1 aliphatic rings. The Morgan fingerprint density at radius 2 is 1.59 bits per heavy atom. The minimum atomic E-state index is -0.390. The highest BCUT2D eigenvalue weighted by molar-refractivity contribution is 5.84. The molecule has 1 heterocycles. The van der Waals surface area contributed by atoms with Crippen LogP contribution in [0.15, 0.2) is 54.6 Å². The van der Waals surface area contributed by atoms with Crippen LogP contribution >= 0.6 is 0 Å². The standard InChI is InChI=1S/C21H25N5O3/c27-19(14-25-21(29)24-13-16-4-2-1-3-5-16)23-12-17-6-8-18(9-7-17)26-11-10-22-20(28)15-26/h1-9H,10-15H2,(H,22,28)(H,23,27)(H2,24,25,29). The highest BCUT2D eigenvalue weighted by Crippen LogP contribution is 2.16. The van der Waals surface area contributed by atoms with E-state index in [1.54, 1.807) is 0 Å². The van der Waals surface area contributed by atoms with Crippen LogP contribution in [0.1, 0.15) is 11.1 Å². The summed E-state index contributed by atoms with van der Waals surface area (Å²) in [7, 11) is 0. The van der Waals surface area contributed by atoms with Crippen molar-refractivity contribution in [1.82, 2.24) is 21.3 Å². The van der Waals surface area contributed by atoms with Gasteiger partial charge in [-0.2, -0.15) is 0 Å². The molecule has 8 nitrogen and oxygen atoms in total. The van der Waals surface area contributed by atoms with Gasteiger partial charge < -0.3 is 26.2 Å². The summed E-state index contributed by atoms with van der Waals surface area (Å²) in [6, 6.07) is 16.9. The highest BCUT2D eigenvalue weighted by Gasteiger charge is 2.16. The van der Waals surface area contributed by atoms with Crippen LogP contribution in [-0.2, 0) is 22.7 Å². The molecule has 4 amide bonds. The molecule has 3 rings (SSSR count). The number of nitrogens with zero attached hydrogens (tertiary/aromatic N) is 1. The summed E-state index contributed by atoms with van der Waals surface area (Å²) in [6.45, 7) is 2.45. The smallest absolute Gasteiger partial charge is 0.315 e. The number of anilines is 1.